The Morgan fingerprint density at radius 1 is 0.789 bits per heavy atom. The zero-order chi connectivity index (χ0) is 26.1. The van der Waals surface area contributed by atoms with E-state index in [-0.39, 0.29) is 5.82 Å². The summed E-state index contributed by atoms with van der Waals surface area (Å²) < 4.78 is 6.57. The number of hydrogen-bond donors (Lipinski definition) is 1. The minimum absolute atomic E-state index is 0.286. The Hall–Kier alpha value is -5.37. The molecule has 3 heterocycles. The molecule has 3 aromatic heterocycles. The van der Waals surface area contributed by atoms with E-state index in [1.54, 1.807) is 62.0 Å². The van der Waals surface area contributed by atoms with Gasteiger partial charge in [-0.15, -0.1) is 0 Å². The molecule has 0 aliphatic heterocycles. The highest BCUT2D eigenvalue weighted by Gasteiger charge is 2.19. The molecule has 1 N–H and O–H groups in total. The molecule has 0 fully saturated rings. The Morgan fingerprint density at radius 2 is 1.50 bits per heavy atom. The van der Waals surface area contributed by atoms with Crippen molar-refractivity contribution in [3.05, 3.63) is 119 Å². The Bertz CT molecular complexity index is 1880. The van der Waals surface area contributed by atoms with Crippen LogP contribution in [0.25, 0.3) is 44.5 Å². The van der Waals surface area contributed by atoms with Crippen LogP contribution in [0.15, 0.2) is 108 Å². The molecule has 0 saturated heterocycles. The van der Waals surface area contributed by atoms with E-state index in [4.69, 9.17) is 14.7 Å². The van der Waals surface area contributed by atoms with Crippen molar-refractivity contribution in [3.63, 3.8) is 0 Å². The number of para-hydroxylation sites is 2. The first-order valence-corrected chi connectivity index (χ1v) is 11.9. The maximum absolute atomic E-state index is 13.8. The van der Waals surface area contributed by atoms with E-state index in [1.165, 1.54) is 4.68 Å². The van der Waals surface area contributed by atoms with E-state index < -0.39 is 11.5 Å². The monoisotopic (exact) mass is 499 g/mol. The van der Waals surface area contributed by atoms with Crippen molar-refractivity contribution in [1.82, 2.24) is 19.6 Å². The quantitative estimate of drug-likeness (QED) is 0.356. The number of rotatable bonds is 5. The molecule has 6 rings (SSSR count). The van der Waals surface area contributed by atoms with Gasteiger partial charge in [0.2, 0.25) is 0 Å². The van der Waals surface area contributed by atoms with Crippen LogP contribution in [0.2, 0.25) is 0 Å². The van der Waals surface area contributed by atoms with Crippen LogP contribution in [0.3, 0.4) is 0 Å². The number of nitrogens with zero attached hydrogens (tertiary/aromatic N) is 4. The number of nitrogens with one attached hydrogen (secondary N) is 1. The van der Waals surface area contributed by atoms with E-state index in [0.717, 1.165) is 5.56 Å². The maximum atomic E-state index is 13.8. The molecule has 0 atom stereocenters. The number of aromatic nitrogens is 4. The van der Waals surface area contributed by atoms with Crippen LogP contribution in [0.5, 0.6) is 5.75 Å². The molecule has 6 aromatic rings. The number of benzene rings is 3. The number of carbonyl (C=O) groups excluding carboxylic acids is 1. The van der Waals surface area contributed by atoms with E-state index in [0.29, 0.717) is 44.4 Å². The van der Waals surface area contributed by atoms with Gasteiger partial charge < -0.3 is 4.74 Å². The Morgan fingerprint density at radius 3 is 2.26 bits per heavy atom. The molecule has 0 bridgehead atoms. The van der Waals surface area contributed by atoms with Gasteiger partial charge in [-0.05, 0) is 48.5 Å². The number of methoxy groups -OCH3 is 1. The molecule has 0 radical (unpaired) electrons. The fourth-order valence-corrected chi connectivity index (χ4v) is 4.39. The number of carbonyl (C=O) groups is 1. The summed E-state index contributed by atoms with van der Waals surface area (Å²) in [4.78, 5) is 41.0. The second kappa shape index (κ2) is 9.59. The van der Waals surface area contributed by atoms with Crippen LogP contribution < -0.4 is 15.7 Å². The SMILES string of the molecule is COc1cccc(-c2nc3ccccc3c(=O)n2NC(=O)c2cc(-c3ccncc3)nc3ccccc23)c1. The van der Waals surface area contributed by atoms with E-state index in [9.17, 15) is 9.59 Å². The lowest BCUT2D eigenvalue weighted by Gasteiger charge is -2.16. The minimum Gasteiger partial charge on any atom is -0.497 e. The van der Waals surface area contributed by atoms with Gasteiger partial charge in [-0.2, -0.15) is 4.68 Å². The van der Waals surface area contributed by atoms with E-state index in [2.05, 4.69) is 10.4 Å². The van der Waals surface area contributed by atoms with Gasteiger partial charge in [0, 0.05) is 28.9 Å². The number of fused-ring (bicyclic) bond motifs is 2. The Labute approximate surface area is 217 Å². The maximum Gasteiger partial charge on any atom is 0.280 e. The average molecular weight is 500 g/mol. The van der Waals surface area contributed by atoms with Crippen LogP contribution in [0.4, 0.5) is 0 Å². The third-order valence-corrected chi connectivity index (χ3v) is 6.25. The number of amides is 1. The van der Waals surface area contributed by atoms with Crippen LogP contribution in [-0.2, 0) is 0 Å². The highest BCUT2D eigenvalue weighted by atomic mass is 16.5. The van der Waals surface area contributed by atoms with Gasteiger partial charge in [0.1, 0.15) is 5.75 Å². The van der Waals surface area contributed by atoms with Crippen LogP contribution in [-0.4, -0.2) is 32.6 Å². The van der Waals surface area contributed by atoms with E-state index >= 15 is 0 Å². The lowest BCUT2D eigenvalue weighted by atomic mass is 10.0. The smallest absolute Gasteiger partial charge is 0.280 e. The zero-order valence-electron chi connectivity index (χ0n) is 20.3. The van der Waals surface area contributed by atoms with Gasteiger partial charge in [0.25, 0.3) is 11.5 Å². The minimum atomic E-state index is -0.470. The van der Waals surface area contributed by atoms with Crippen molar-refractivity contribution in [1.29, 1.82) is 0 Å². The van der Waals surface area contributed by atoms with Gasteiger partial charge in [0.15, 0.2) is 5.82 Å². The summed E-state index contributed by atoms with van der Waals surface area (Å²) in [5, 5.41) is 1.05. The topological polar surface area (TPSA) is 99.0 Å². The van der Waals surface area contributed by atoms with Crippen LogP contribution in [0, 0.1) is 0 Å². The highest BCUT2D eigenvalue weighted by Crippen LogP contribution is 2.26. The number of hydrogen-bond acceptors (Lipinski definition) is 6. The Kier molecular flexibility index (Phi) is 5.82. The Balaban J connectivity index is 1.53. The molecule has 0 unspecified atom stereocenters. The fraction of sp³-hybridized carbons (Fsp3) is 0.0333. The summed E-state index contributed by atoms with van der Waals surface area (Å²) in [5.74, 6) is 0.417. The number of pyridine rings is 2. The molecule has 184 valence electrons. The van der Waals surface area contributed by atoms with Crippen molar-refractivity contribution in [3.8, 4) is 28.4 Å². The van der Waals surface area contributed by atoms with Crippen molar-refractivity contribution in [2.45, 2.75) is 0 Å². The zero-order valence-corrected chi connectivity index (χ0v) is 20.3. The summed E-state index contributed by atoms with van der Waals surface area (Å²) in [6.45, 7) is 0. The molecule has 8 heteroatoms. The first-order valence-electron chi connectivity index (χ1n) is 11.9. The summed E-state index contributed by atoms with van der Waals surface area (Å²) >= 11 is 0. The molecule has 0 spiro atoms. The summed E-state index contributed by atoms with van der Waals surface area (Å²) in [6.07, 6.45) is 3.35. The fourth-order valence-electron chi connectivity index (χ4n) is 4.39. The van der Waals surface area contributed by atoms with Crippen molar-refractivity contribution >= 4 is 27.7 Å². The molecule has 38 heavy (non-hydrogen) atoms. The van der Waals surface area contributed by atoms with Crippen LogP contribution >= 0.6 is 0 Å². The third kappa shape index (κ3) is 4.14. The highest BCUT2D eigenvalue weighted by molar-refractivity contribution is 6.10. The normalized spacial score (nSPS) is 11.0. The average Bonchev–Trinajstić information content (AvgIpc) is 2.98. The van der Waals surface area contributed by atoms with E-state index in [1.807, 2.05) is 48.5 Å². The first-order chi connectivity index (χ1) is 18.6. The summed E-state index contributed by atoms with van der Waals surface area (Å²) in [7, 11) is 1.57. The van der Waals surface area contributed by atoms with Crippen molar-refractivity contribution in [2.75, 3.05) is 12.5 Å². The van der Waals surface area contributed by atoms with Gasteiger partial charge in [0.05, 0.1) is 34.8 Å². The lowest BCUT2D eigenvalue weighted by Crippen LogP contribution is -2.35. The van der Waals surface area contributed by atoms with Gasteiger partial charge in [-0.1, -0.05) is 42.5 Å². The van der Waals surface area contributed by atoms with Crippen LogP contribution in [0.1, 0.15) is 10.4 Å². The second-order valence-corrected chi connectivity index (χ2v) is 8.57. The molecule has 1 amide bonds. The molecule has 0 aliphatic rings. The third-order valence-electron chi connectivity index (χ3n) is 6.25. The molecular weight excluding hydrogens is 478 g/mol. The van der Waals surface area contributed by atoms with Gasteiger partial charge in [-0.25, -0.2) is 9.97 Å². The standard InChI is InChI=1S/C30H21N5O3/c1-38-21-8-6-7-20(17-21)28-33-26-12-5-3-10-23(26)30(37)35(28)34-29(36)24-18-27(19-13-15-31-16-14-19)32-25-11-4-2-9-22(24)25/h2-18H,1H3,(H,34,36). The van der Waals surface area contributed by atoms with Crippen molar-refractivity contribution in [2.24, 2.45) is 0 Å². The van der Waals surface area contributed by atoms with Gasteiger partial charge in [-0.3, -0.25) is 20.0 Å². The van der Waals surface area contributed by atoms with Gasteiger partial charge >= 0.3 is 0 Å². The molecule has 8 nitrogen and oxygen atoms in total. The number of ether oxygens (including phenoxy) is 1. The molecule has 3 aromatic carbocycles. The second-order valence-electron chi connectivity index (χ2n) is 8.57. The largest absolute Gasteiger partial charge is 0.497 e. The predicted molar refractivity (Wildman–Crippen MR) is 147 cm³/mol. The lowest BCUT2D eigenvalue weighted by molar-refractivity contribution is 0.101. The predicted octanol–water partition coefficient (Wildman–Crippen LogP) is 5.07. The summed E-state index contributed by atoms with van der Waals surface area (Å²) in [5.41, 5.74) is 6.03. The molecular formula is C30H21N5O3. The summed E-state index contributed by atoms with van der Waals surface area (Å²) in [6, 6.07) is 27.0. The first kappa shape index (κ1) is 23.1. The molecule has 0 aliphatic carbocycles. The molecule has 0 saturated carbocycles. The van der Waals surface area contributed by atoms with Crippen molar-refractivity contribution < 1.29 is 9.53 Å².